The number of aromatic hydroxyl groups is 1. The van der Waals surface area contributed by atoms with Crippen LogP contribution in [0.3, 0.4) is 0 Å². The Hall–Kier alpha value is -1.86. The fraction of sp³-hybridized carbons (Fsp3) is 0.538. The topological polar surface area (TPSA) is 103 Å². The number of amides is 1. The summed E-state index contributed by atoms with van der Waals surface area (Å²) < 4.78 is 5.64. The van der Waals surface area contributed by atoms with Gasteiger partial charge < -0.3 is 20.5 Å². The Morgan fingerprint density at radius 2 is 2.15 bits per heavy atom. The second-order valence-electron chi connectivity index (χ2n) is 4.69. The Balaban J connectivity index is 1.73. The molecule has 1 aromatic rings. The largest absolute Gasteiger partial charge is 0.494 e. The average molecular weight is 281 g/mol. The van der Waals surface area contributed by atoms with Crippen LogP contribution in [0.2, 0.25) is 0 Å². The molecule has 2 rings (SSSR count). The van der Waals surface area contributed by atoms with Crippen molar-refractivity contribution in [3.8, 4) is 5.88 Å². The minimum Gasteiger partial charge on any atom is -0.494 e. The fourth-order valence-corrected chi connectivity index (χ4v) is 2.11. The first-order valence-corrected chi connectivity index (χ1v) is 6.69. The van der Waals surface area contributed by atoms with Crippen molar-refractivity contribution in [1.82, 2.24) is 15.6 Å². The lowest BCUT2D eigenvalue weighted by Crippen LogP contribution is -2.35. The molecule has 7 heteroatoms. The number of piperidine rings is 1. The van der Waals surface area contributed by atoms with Crippen molar-refractivity contribution in [3.63, 3.8) is 0 Å². The molecule has 1 saturated heterocycles. The fourth-order valence-electron chi connectivity index (χ4n) is 2.11. The van der Waals surface area contributed by atoms with Crippen molar-refractivity contribution >= 4 is 5.91 Å². The molecule has 0 aromatic carbocycles. The molecule has 0 bridgehead atoms. The van der Waals surface area contributed by atoms with E-state index in [-0.39, 0.29) is 17.5 Å². The maximum Gasteiger partial charge on any atom is 0.251 e. The molecule has 0 aliphatic carbocycles. The lowest BCUT2D eigenvalue weighted by atomic mass is 10.1. The molecule has 0 saturated carbocycles. The van der Waals surface area contributed by atoms with E-state index < -0.39 is 11.5 Å². The van der Waals surface area contributed by atoms with E-state index in [1.165, 1.54) is 6.07 Å². The molecular formula is C13H19N3O4. The van der Waals surface area contributed by atoms with E-state index in [4.69, 9.17) is 4.74 Å². The van der Waals surface area contributed by atoms with Crippen molar-refractivity contribution in [2.24, 2.45) is 0 Å². The number of aromatic nitrogens is 1. The molecule has 1 aromatic heterocycles. The van der Waals surface area contributed by atoms with Gasteiger partial charge in [0.25, 0.3) is 11.5 Å². The van der Waals surface area contributed by atoms with Crippen molar-refractivity contribution in [3.05, 3.63) is 28.0 Å². The van der Waals surface area contributed by atoms with Gasteiger partial charge in [-0.15, -0.1) is 0 Å². The van der Waals surface area contributed by atoms with E-state index in [1.54, 1.807) is 0 Å². The van der Waals surface area contributed by atoms with Crippen LogP contribution in [0.15, 0.2) is 16.9 Å². The van der Waals surface area contributed by atoms with E-state index in [9.17, 15) is 14.7 Å². The zero-order chi connectivity index (χ0) is 14.4. The average Bonchev–Trinajstić information content (AvgIpc) is 2.43. The van der Waals surface area contributed by atoms with Gasteiger partial charge in [0.15, 0.2) is 5.88 Å². The Morgan fingerprint density at radius 1 is 1.40 bits per heavy atom. The van der Waals surface area contributed by atoms with Crippen LogP contribution < -0.4 is 16.2 Å². The van der Waals surface area contributed by atoms with Crippen LogP contribution in [0.4, 0.5) is 0 Å². The maximum atomic E-state index is 11.8. The first-order chi connectivity index (χ1) is 9.65. The summed E-state index contributed by atoms with van der Waals surface area (Å²) in [5.74, 6) is -0.728. The van der Waals surface area contributed by atoms with Gasteiger partial charge in [0.05, 0.1) is 18.3 Å². The summed E-state index contributed by atoms with van der Waals surface area (Å²) in [5.41, 5.74) is -0.380. The quantitative estimate of drug-likeness (QED) is 0.549. The predicted molar refractivity (Wildman–Crippen MR) is 72.9 cm³/mol. The smallest absolute Gasteiger partial charge is 0.251 e. The number of aromatic amines is 1. The van der Waals surface area contributed by atoms with Crippen molar-refractivity contribution in [2.75, 3.05) is 26.2 Å². The molecule has 2 heterocycles. The van der Waals surface area contributed by atoms with Gasteiger partial charge >= 0.3 is 0 Å². The summed E-state index contributed by atoms with van der Waals surface area (Å²) >= 11 is 0. The van der Waals surface area contributed by atoms with Crippen LogP contribution in [0.5, 0.6) is 5.88 Å². The molecule has 1 fully saturated rings. The molecule has 1 aliphatic rings. The Labute approximate surface area is 116 Å². The highest BCUT2D eigenvalue weighted by molar-refractivity contribution is 5.94. The van der Waals surface area contributed by atoms with E-state index in [0.717, 1.165) is 32.0 Å². The lowest BCUT2D eigenvalue weighted by molar-refractivity contribution is 0.0343. The van der Waals surface area contributed by atoms with E-state index in [0.29, 0.717) is 13.2 Å². The van der Waals surface area contributed by atoms with Crippen molar-refractivity contribution in [2.45, 2.75) is 18.9 Å². The maximum absolute atomic E-state index is 11.8. The highest BCUT2D eigenvalue weighted by Gasteiger charge is 2.13. The second-order valence-corrected chi connectivity index (χ2v) is 4.69. The highest BCUT2D eigenvalue weighted by atomic mass is 16.5. The first kappa shape index (κ1) is 14.5. The van der Waals surface area contributed by atoms with Crippen molar-refractivity contribution < 1.29 is 14.6 Å². The van der Waals surface area contributed by atoms with E-state index in [2.05, 4.69) is 15.6 Å². The molecule has 1 aliphatic heterocycles. The van der Waals surface area contributed by atoms with Crippen LogP contribution in [-0.4, -0.2) is 48.3 Å². The normalized spacial score (nSPS) is 16.0. The zero-order valence-electron chi connectivity index (χ0n) is 11.1. The van der Waals surface area contributed by atoms with Gasteiger partial charge in [0.2, 0.25) is 0 Å². The van der Waals surface area contributed by atoms with Gasteiger partial charge in [-0.3, -0.25) is 14.6 Å². The predicted octanol–water partition coefficient (Wildman–Crippen LogP) is -0.421. The third kappa shape index (κ3) is 4.36. The van der Waals surface area contributed by atoms with Gasteiger partial charge in [-0.1, -0.05) is 0 Å². The number of H-pyrrole nitrogens is 1. The monoisotopic (exact) mass is 281 g/mol. The molecule has 0 unspecified atom stereocenters. The van der Waals surface area contributed by atoms with Crippen LogP contribution in [0.1, 0.15) is 23.2 Å². The van der Waals surface area contributed by atoms with Crippen LogP contribution in [0, 0.1) is 0 Å². The highest BCUT2D eigenvalue weighted by Crippen LogP contribution is 2.06. The number of ether oxygens (including phenoxy) is 1. The summed E-state index contributed by atoms with van der Waals surface area (Å²) in [6.07, 6.45) is 2.21. The standard InChI is InChI=1S/C13H19N3O4/c17-11-7-9(8-12(18)16-11)13(19)15-5-6-20-10-1-3-14-4-2-10/h7-8,10,14H,1-6H2,(H,15,19)(H2,16,17,18). The summed E-state index contributed by atoms with van der Waals surface area (Å²) in [6, 6.07) is 2.35. The third-order valence-electron chi connectivity index (χ3n) is 3.12. The number of nitrogens with one attached hydrogen (secondary N) is 3. The summed E-state index contributed by atoms with van der Waals surface area (Å²) in [4.78, 5) is 25.1. The van der Waals surface area contributed by atoms with Gasteiger partial charge in [0.1, 0.15) is 0 Å². The van der Waals surface area contributed by atoms with E-state index in [1.807, 2.05) is 0 Å². The molecule has 20 heavy (non-hydrogen) atoms. The third-order valence-corrected chi connectivity index (χ3v) is 3.12. The molecule has 7 nitrogen and oxygen atoms in total. The first-order valence-electron chi connectivity index (χ1n) is 6.69. The molecular weight excluding hydrogens is 262 g/mol. The number of rotatable bonds is 5. The van der Waals surface area contributed by atoms with Crippen LogP contribution in [-0.2, 0) is 4.74 Å². The SMILES string of the molecule is O=C(NCCOC1CCNCC1)c1cc(O)[nH]c(=O)c1. The van der Waals surface area contributed by atoms with Crippen molar-refractivity contribution in [1.29, 1.82) is 0 Å². The summed E-state index contributed by atoms with van der Waals surface area (Å²) in [5, 5.41) is 15.1. The molecule has 1 amide bonds. The molecule has 0 radical (unpaired) electrons. The van der Waals surface area contributed by atoms with E-state index >= 15 is 0 Å². The summed E-state index contributed by atoms with van der Waals surface area (Å²) in [7, 11) is 0. The minimum absolute atomic E-state index is 0.133. The molecule has 4 N–H and O–H groups in total. The second kappa shape index (κ2) is 7.06. The molecule has 110 valence electrons. The number of pyridine rings is 1. The zero-order valence-corrected chi connectivity index (χ0v) is 11.1. The number of hydrogen-bond donors (Lipinski definition) is 4. The van der Waals surface area contributed by atoms with Gasteiger partial charge in [0, 0.05) is 18.7 Å². The lowest BCUT2D eigenvalue weighted by Gasteiger charge is -2.22. The Bertz CT molecular complexity index is 509. The number of carbonyl (C=O) groups is 1. The Kier molecular flexibility index (Phi) is 5.14. The Morgan fingerprint density at radius 3 is 2.85 bits per heavy atom. The van der Waals surface area contributed by atoms with Gasteiger partial charge in [-0.2, -0.15) is 0 Å². The van der Waals surface area contributed by atoms with Gasteiger partial charge in [-0.25, -0.2) is 0 Å². The minimum atomic E-state index is -0.513. The summed E-state index contributed by atoms with van der Waals surface area (Å²) in [6.45, 7) is 2.73. The molecule has 0 atom stereocenters. The molecule has 0 spiro atoms. The van der Waals surface area contributed by atoms with Gasteiger partial charge in [-0.05, 0) is 25.9 Å². The number of hydrogen-bond acceptors (Lipinski definition) is 5. The van der Waals surface area contributed by atoms with Crippen LogP contribution >= 0.6 is 0 Å². The van der Waals surface area contributed by atoms with Crippen LogP contribution in [0.25, 0.3) is 0 Å². The number of carbonyl (C=O) groups excluding carboxylic acids is 1.